The first-order chi connectivity index (χ1) is 10.1. The van der Waals surface area contributed by atoms with Crippen LogP contribution < -0.4 is 0 Å². The summed E-state index contributed by atoms with van der Waals surface area (Å²) in [6.07, 6.45) is 4.96. The Bertz CT molecular complexity index is 632. The van der Waals surface area contributed by atoms with Crippen molar-refractivity contribution in [3.8, 4) is 0 Å². The molecule has 1 heterocycles. The molecule has 0 atom stereocenters. The topological polar surface area (TPSA) is 63.5 Å². The first-order valence-electron chi connectivity index (χ1n) is 7.29. The number of amides is 1. The summed E-state index contributed by atoms with van der Waals surface area (Å²) < 4.78 is 0. The Morgan fingerprint density at radius 1 is 1.38 bits per heavy atom. The number of hydrogen-bond acceptors (Lipinski definition) is 3. The van der Waals surface area contributed by atoms with Crippen molar-refractivity contribution in [1.29, 1.82) is 0 Å². The van der Waals surface area contributed by atoms with E-state index in [1.165, 1.54) is 5.57 Å². The molecule has 1 aromatic carbocycles. The Balaban J connectivity index is 1.74. The molecule has 0 unspecified atom stereocenters. The first-order valence-corrected chi connectivity index (χ1v) is 7.29. The number of carbonyl (C=O) groups is 1. The van der Waals surface area contributed by atoms with Crippen LogP contribution in [0.1, 0.15) is 30.4 Å². The van der Waals surface area contributed by atoms with E-state index in [4.69, 9.17) is 0 Å². The van der Waals surface area contributed by atoms with Crippen LogP contribution in [-0.2, 0) is 4.79 Å². The van der Waals surface area contributed by atoms with E-state index in [1.54, 1.807) is 19.1 Å². The highest BCUT2D eigenvalue weighted by Gasteiger charge is 2.33. The molecule has 5 nitrogen and oxygen atoms in total. The summed E-state index contributed by atoms with van der Waals surface area (Å²) in [4.78, 5) is 24.4. The fraction of sp³-hybridized carbons (Fsp3) is 0.438. The summed E-state index contributed by atoms with van der Waals surface area (Å²) in [7, 11) is 0. The Labute approximate surface area is 123 Å². The standard InChI is InChI=1S/C16H18N2O3/c1-11-10-14(4-5-15(11)18(20)21)12-6-8-17(9-7-12)16(19)13-2-3-13/h4-6,10,13H,2-3,7-9H2,1H3. The lowest BCUT2D eigenvalue weighted by molar-refractivity contribution is -0.385. The van der Waals surface area contributed by atoms with Crippen molar-refractivity contribution >= 4 is 17.2 Å². The molecule has 0 saturated heterocycles. The quantitative estimate of drug-likeness (QED) is 0.634. The third kappa shape index (κ3) is 2.82. The molecule has 5 heteroatoms. The molecular formula is C16H18N2O3. The average molecular weight is 286 g/mol. The predicted octanol–water partition coefficient (Wildman–Crippen LogP) is 2.93. The van der Waals surface area contributed by atoms with E-state index in [0.29, 0.717) is 12.1 Å². The van der Waals surface area contributed by atoms with Gasteiger partial charge in [-0.25, -0.2) is 0 Å². The van der Waals surface area contributed by atoms with Gasteiger partial charge in [0.15, 0.2) is 0 Å². The smallest absolute Gasteiger partial charge is 0.272 e. The monoisotopic (exact) mass is 286 g/mol. The number of hydrogen-bond donors (Lipinski definition) is 0. The van der Waals surface area contributed by atoms with E-state index in [1.807, 2.05) is 11.0 Å². The van der Waals surface area contributed by atoms with Gasteiger partial charge in [-0.1, -0.05) is 6.08 Å². The Kier molecular flexibility index (Phi) is 3.49. The van der Waals surface area contributed by atoms with Crippen LogP contribution >= 0.6 is 0 Å². The molecule has 1 amide bonds. The summed E-state index contributed by atoms with van der Waals surface area (Å²) in [6.45, 7) is 3.16. The van der Waals surface area contributed by atoms with Crippen molar-refractivity contribution in [2.45, 2.75) is 26.2 Å². The van der Waals surface area contributed by atoms with E-state index < -0.39 is 0 Å². The van der Waals surface area contributed by atoms with Crippen molar-refractivity contribution in [2.24, 2.45) is 5.92 Å². The second-order valence-corrected chi connectivity index (χ2v) is 5.80. The van der Waals surface area contributed by atoms with Crippen molar-refractivity contribution in [2.75, 3.05) is 13.1 Å². The molecule has 1 fully saturated rings. The fourth-order valence-corrected chi connectivity index (χ4v) is 2.78. The number of benzene rings is 1. The third-order valence-corrected chi connectivity index (χ3v) is 4.21. The molecule has 1 saturated carbocycles. The van der Waals surface area contributed by atoms with Gasteiger partial charge in [0.05, 0.1) is 4.92 Å². The van der Waals surface area contributed by atoms with Gasteiger partial charge in [-0.15, -0.1) is 0 Å². The summed E-state index contributed by atoms with van der Waals surface area (Å²) in [5.74, 6) is 0.548. The number of carbonyl (C=O) groups excluding carboxylic acids is 1. The number of rotatable bonds is 3. The lowest BCUT2D eigenvalue weighted by Crippen LogP contribution is -2.35. The number of aryl methyl sites for hydroxylation is 1. The van der Waals surface area contributed by atoms with Crippen molar-refractivity contribution < 1.29 is 9.72 Å². The molecule has 2 aliphatic rings. The maximum Gasteiger partial charge on any atom is 0.272 e. The third-order valence-electron chi connectivity index (χ3n) is 4.21. The molecule has 0 N–H and O–H groups in total. The van der Waals surface area contributed by atoms with Gasteiger partial charge in [0.25, 0.3) is 5.69 Å². The van der Waals surface area contributed by atoms with E-state index in [-0.39, 0.29) is 22.4 Å². The highest BCUT2D eigenvalue weighted by Crippen LogP contribution is 2.33. The van der Waals surface area contributed by atoms with E-state index >= 15 is 0 Å². The zero-order chi connectivity index (χ0) is 15.0. The highest BCUT2D eigenvalue weighted by molar-refractivity contribution is 5.82. The largest absolute Gasteiger partial charge is 0.338 e. The van der Waals surface area contributed by atoms with Crippen molar-refractivity contribution in [3.63, 3.8) is 0 Å². The Hall–Kier alpha value is -2.17. The number of nitrogens with zero attached hydrogens (tertiary/aromatic N) is 2. The SMILES string of the molecule is Cc1cc(C2=CCN(C(=O)C3CC3)CC2)ccc1[N+](=O)[O-]. The van der Waals surface area contributed by atoms with Gasteiger partial charge in [0.2, 0.25) is 5.91 Å². The van der Waals surface area contributed by atoms with Gasteiger partial charge in [0.1, 0.15) is 0 Å². The summed E-state index contributed by atoms with van der Waals surface area (Å²) in [5, 5.41) is 10.8. The van der Waals surface area contributed by atoms with Gasteiger partial charge in [0, 0.05) is 30.6 Å². The molecule has 1 aliphatic carbocycles. The average Bonchev–Trinajstić information content (AvgIpc) is 3.31. The van der Waals surface area contributed by atoms with Crippen LogP contribution in [0.15, 0.2) is 24.3 Å². The van der Waals surface area contributed by atoms with Gasteiger partial charge in [-0.05, 0) is 49.5 Å². The van der Waals surface area contributed by atoms with Gasteiger partial charge >= 0.3 is 0 Å². The van der Waals surface area contributed by atoms with Crippen molar-refractivity contribution in [3.05, 3.63) is 45.5 Å². The van der Waals surface area contributed by atoms with E-state index in [2.05, 4.69) is 6.08 Å². The van der Waals surface area contributed by atoms with Crippen LogP contribution in [0.5, 0.6) is 0 Å². The maximum absolute atomic E-state index is 12.0. The van der Waals surface area contributed by atoms with Gasteiger partial charge in [-0.3, -0.25) is 14.9 Å². The number of nitro benzene ring substituents is 1. The minimum atomic E-state index is -0.357. The maximum atomic E-state index is 12.0. The van der Waals surface area contributed by atoms with Crippen LogP contribution in [0.4, 0.5) is 5.69 Å². The molecule has 0 radical (unpaired) electrons. The van der Waals surface area contributed by atoms with E-state index in [9.17, 15) is 14.9 Å². The molecule has 1 aromatic rings. The van der Waals surface area contributed by atoms with Crippen LogP contribution in [0.25, 0.3) is 5.57 Å². The molecular weight excluding hydrogens is 268 g/mol. The zero-order valence-corrected chi connectivity index (χ0v) is 12.0. The lowest BCUT2D eigenvalue weighted by atomic mass is 9.97. The summed E-state index contributed by atoms with van der Waals surface area (Å²) in [6, 6.07) is 5.23. The molecule has 110 valence electrons. The van der Waals surface area contributed by atoms with Crippen molar-refractivity contribution in [1.82, 2.24) is 4.90 Å². The molecule has 3 rings (SSSR count). The summed E-state index contributed by atoms with van der Waals surface area (Å²) >= 11 is 0. The predicted molar refractivity (Wildman–Crippen MR) is 79.7 cm³/mol. The fourth-order valence-electron chi connectivity index (χ4n) is 2.78. The minimum Gasteiger partial charge on any atom is -0.338 e. The molecule has 0 bridgehead atoms. The second kappa shape index (κ2) is 5.31. The Morgan fingerprint density at radius 2 is 2.14 bits per heavy atom. The Morgan fingerprint density at radius 3 is 2.67 bits per heavy atom. The summed E-state index contributed by atoms with van der Waals surface area (Å²) in [5.41, 5.74) is 3.03. The van der Waals surface area contributed by atoms with Crippen LogP contribution in [0.3, 0.4) is 0 Å². The normalized spacial score (nSPS) is 18.3. The highest BCUT2D eigenvalue weighted by atomic mass is 16.6. The van der Waals surface area contributed by atoms with E-state index in [0.717, 1.165) is 31.4 Å². The molecule has 1 aliphatic heterocycles. The molecule has 0 aromatic heterocycles. The number of nitro groups is 1. The van der Waals surface area contributed by atoms with Crippen LogP contribution in [-0.4, -0.2) is 28.8 Å². The van der Waals surface area contributed by atoms with Gasteiger partial charge in [-0.2, -0.15) is 0 Å². The minimum absolute atomic E-state index is 0.153. The molecule has 0 spiro atoms. The zero-order valence-electron chi connectivity index (χ0n) is 12.0. The second-order valence-electron chi connectivity index (χ2n) is 5.80. The first kappa shape index (κ1) is 13.8. The van der Waals surface area contributed by atoms with Gasteiger partial charge < -0.3 is 4.90 Å². The molecule has 21 heavy (non-hydrogen) atoms. The lowest BCUT2D eigenvalue weighted by Gasteiger charge is -2.26. The van der Waals surface area contributed by atoms with Crippen LogP contribution in [0, 0.1) is 23.0 Å². The van der Waals surface area contributed by atoms with Crippen LogP contribution in [0.2, 0.25) is 0 Å².